The largest absolute Gasteiger partial charge is 2.00 e. The van der Waals surface area contributed by atoms with E-state index in [4.69, 9.17) is 0 Å². The van der Waals surface area contributed by atoms with Crippen LogP contribution in [0, 0.1) is 0 Å². The summed E-state index contributed by atoms with van der Waals surface area (Å²) in [5.74, 6) is -2.81. The second kappa shape index (κ2) is 10.9. The summed E-state index contributed by atoms with van der Waals surface area (Å²) in [6, 6.07) is 4.81. The van der Waals surface area contributed by atoms with Crippen molar-refractivity contribution < 1.29 is 25.3 Å². The Morgan fingerprint density at radius 2 is 1.63 bits per heavy atom. The Bertz CT molecular complexity index is 457. The number of aromatic nitrogens is 1. The van der Waals surface area contributed by atoms with Gasteiger partial charge in [-0.15, -0.1) is 11.3 Å². The smallest absolute Gasteiger partial charge is 0.545 e. The van der Waals surface area contributed by atoms with Crippen LogP contribution in [-0.4, -0.2) is 60.1 Å². The fraction of sp³-hybridized carbons (Fsp3) is 0. The first-order valence-corrected chi connectivity index (χ1v) is 5.40. The van der Waals surface area contributed by atoms with Crippen LogP contribution in [0.5, 0.6) is 0 Å². The molecule has 2 aromatic rings. The maximum atomic E-state index is 10.3. The minimum Gasteiger partial charge on any atom is -0.545 e. The van der Waals surface area contributed by atoms with E-state index in [1.54, 1.807) is 23.0 Å². The second-order valence-corrected chi connectivity index (χ2v) is 3.59. The zero-order chi connectivity index (χ0) is 12.7. The normalized spacial score (nSPS) is 8.00. The first kappa shape index (κ1) is 20.3. The molecule has 1 aromatic carbocycles. The van der Waals surface area contributed by atoms with Gasteiger partial charge in [0.2, 0.25) is 0 Å². The molecular formula is C11H9CaNO5S. The van der Waals surface area contributed by atoms with Gasteiger partial charge in [-0.1, -0.05) is 18.2 Å². The molecule has 0 fully saturated rings. The van der Waals surface area contributed by atoms with Crippen molar-refractivity contribution in [3.63, 3.8) is 0 Å². The van der Waals surface area contributed by atoms with Gasteiger partial charge in [0.15, 0.2) is 0 Å². The molecular weight excluding hydrogens is 298 g/mol. The second-order valence-electron chi connectivity index (χ2n) is 2.83. The van der Waals surface area contributed by atoms with Gasteiger partial charge in [-0.3, -0.25) is 4.98 Å². The predicted octanol–water partition coefficient (Wildman–Crippen LogP) is -1.65. The third kappa shape index (κ3) is 7.91. The van der Waals surface area contributed by atoms with Crippen molar-refractivity contribution in [2.45, 2.75) is 0 Å². The summed E-state index contributed by atoms with van der Waals surface area (Å²) < 4.78 is 0. The Labute approximate surface area is 143 Å². The number of aromatic carboxylic acids is 2. The topological polar surface area (TPSA) is 125 Å². The Balaban J connectivity index is 0. The molecule has 96 valence electrons. The van der Waals surface area contributed by atoms with Gasteiger partial charge >= 0.3 is 37.7 Å². The van der Waals surface area contributed by atoms with E-state index in [1.807, 2.05) is 5.38 Å². The van der Waals surface area contributed by atoms with E-state index < -0.39 is 11.9 Å². The number of rotatable bonds is 2. The van der Waals surface area contributed by atoms with Gasteiger partial charge < -0.3 is 25.3 Å². The van der Waals surface area contributed by atoms with Crippen LogP contribution in [0.4, 0.5) is 0 Å². The van der Waals surface area contributed by atoms with E-state index >= 15 is 0 Å². The van der Waals surface area contributed by atoms with Crippen LogP contribution in [0.25, 0.3) is 0 Å². The fourth-order valence-electron chi connectivity index (χ4n) is 0.949. The van der Waals surface area contributed by atoms with Crippen molar-refractivity contribution in [2.24, 2.45) is 0 Å². The number of benzene rings is 1. The molecule has 0 bridgehead atoms. The van der Waals surface area contributed by atoms with Gasteiger partial charge in [0.05, 0.1) is 17.4 Å². The van der Waals surface area contributed by atoms with E-state index in [0.29, 0.717) is 0 Å². The molecule has 19 heavy (non-hydrogen) atoms. The van der Waals surface area contributed by atoms with Crippen LogP contribution >= 0.6 is 11.3 Å². The summed E-state index contributed by atoms with van der Waals surface area (Å²) in [7, 11) is 0. The minimum absolute atomic E-state index is 0. The van der Waals surface area contributed by atoms with Crippen LogP contribution in [0.2, 0.25) is 0 Å². The molecule has 0 aliphatic carbocycles. The van der Waals surface area contributed by atoms with Crippen molar-refractivity contribution in [1.29, 1.82) is 0 Å². The molecule has 8 heteroatoms. The summed E-state index contributed by atoms with van der Waals surface area (Å²) in [5.41, 5.74) is 1.45. The molecule has 2 rings (SSSR count). The van der Waals surface area contributed by atoms with Gasteiger partial charge in [0.1, 0.15) is 0 Å². The van der Waals surface area contributed by atoms with Crippen LogP contribution in [0.1, 0.15) is 20.7 Å². The standard InChI is InChI=1S/C8H6O4.C3H3NS.Ca.H2O/c9-7(10)5-2-1-3-6(4-5)8(11)12;1-2-5-3-4-1;;/h1-4H,(H,9,10)(H,11,12);1-3H;;1H2/q;;+2;/p-2. The van der Waals surface area contributed by atoms with E-state index in [1.165, 1.54) is 18.2 Å². The van der Waals surface area contributed by atoms with Crippen LogP contribution in [-0.2, 0) is 0 Å². The number of nitrogens with zero attached hydrogens (tertiary/aromatic N) is 1. The number of thiazole rings is 1. The molecule has 1 heterocycles. The Hall–Kier alpha value is -0.990. The number of carbonyl (C=O) groups is 2. The van der Waals surface area contributed by atoms with Crippen molar-refractivity contribution in [3.8, 4) is 0 Å². The van der Waals surface area contributed by atoms with Crippen molar-refractivity contribution >= 4 is 61.0 Å². The van der Waals surface area contributed by atoms with E-state index in [0.717, 1.165) is 6.07 Å². The van der Waals surface area contributed by atoms with E-state index in [9.17, 15) is 19.8 Å². The molecule has 0 saturated carbocycles. The third-order valence-electron chi connectivity index (χ3n) is 1.68. The maximum absolute atomic E-state index is 10.3. The number of hydrogen-bond donors (Lipinski definition) is 0. The number of hydrogen-bond acceptors (Lipinski definition) is 6. The molecule has 0 aliphatic rings. The number of carboxylic acid groups (broad SMARTS) is 2. The monoisotopic (exact) mass is 307 g/mol. The number of carboxylic acids is 2. The predicted molar refractivity (Wildman–Crippen MR) is 66.6 cm³/mol. The van der Waals surface area contributed by atoms with Gasteiger partial charge in [-0.05, 0) is 17.2 Å². The Kier molecular flexibility index (Phi) is 11.7. The summed E-state index contributed by atoms with van der Waals surface area (Å²) in [6.45, 7) is 0. The summed E-state index contributed by atoms with van der Waals surface area (Å²) in [4.78, 5) is 24.2. The molecule has 0 radical (unpaired) electrons. The van der Waals surface area contributed by atoms with Gasteiger partial charge in [-0.25, -0.2) is 0 Å². The van der Waals surface area contributed by atoms with Crippen molar-refractivity contribution in [2.75, 3.05) is 0 Å². The number of carbonyl (C=O) groups excluding carboxylic acids is 2. The molecule has 2 N–H and O–H groups in total. The minimum atomic E-state index is -1.40. The quantitative estimate of drug-likeness (QED) is 0.615. The van der Waals surface area contributed by atoms with Gasteiger partial charge in [0, 0.05) is 11.6 Å². The molecule has 6 nitrogen and oxygen atoms in total. The zero-order valence-electron chi connectivity index (χ0n) is 9.74. The SMILES string of the molecule is O.O=C([O-])c1cccc(C(=O)[O-])c1.[Ca+2].c1cscn1. The zero-order valence-corrected chi connectivity index (χ0v) is 12.8. The maximum Gasteiger partial charge on any atom is 2.00 e. The van der Waals surface area contributed by atoms with E-state index in [2.05, 4.69) is 4.98 Å². The first-order valence-electron chi connectivity index (χ1n) is 4.46. The molecule has 0 aliphatic heterocycles. The molecule has 0 amide bonds. The molecule has 0 unspecified atom stereocenters. The molecule has 0 saturated heterocycles. The van der Waals surface area contributed by atoms with E-state index in [-0.39, 0.29) is 54.3 Å². The summed E-state index contributed by atoms with van der Waals surface area (Å²) in [5, 5.41) is 22.4. The fourth-order valence-corrected chi connectivity index (χ4v) is 1.30. The van der Waals surface area contributed by atoms with Gasteiger partial charge in [-0.2, -0.15) is 0 Å². The van der Waals surface area contributed by atoms with Crippen LogP contribution in [0.15, 0.2) is 41.4 Å². The van der Waals surface area contributed by atoms with Crippen LogP contribution in [0.3, 0.4) is 0 Å². The third-order valence-corrected chi connectivity index (χ3v) is 2.20. The van der Waals surface area contributed by atoms with Crippen LogP contribution < -0.4 is 10.2 Å². The summed E-state index contributed by atoms with van der Waals surface area (Å²) in [6.07, 6.45) is 1.77. The average Bonchev–Trinajstić information content (AvgIpc) is 2.87. The van der Waals surface area contributed by atoms with Crippen molar-refractivity contribution in [1.82, 2.24) is 4.98 Å². The average molecular weight is 307 g/mol. The summed E-state index contributed by atoms with van der Waals surface area (Å²) >= 11 is 1.60. The molecule has 1 aromatic heterocycles. The van der Waals surface area contributed by atoms with Gasteiger partial charge in [0.25, 0.3) is 0 Å². The Morgan fingerprint density at radius 3 is 1.89 bits per heavy atom. The van der Waals surface area contributed by atoms with Crippen molar-refractivity contribution in [3.05, 3.63) is 52.5 Å². The molecule has 0 spiro atoms. The Morgan fingerprint density at radius 1 is 1.11 bits per heavy atom. The molecule has 0 atom stereocenters. The first-order chi connectivity index (χ1) is 8.11.